The first-order valence-corrected chi connectivity index (χ1v) is 9.20. The molecule has 134 valence electrons. The van der Waals surface area contributed by atoms with Gasteiger partial charge in [0.2, 0.25) is 0 Å². The normalized spacial score (nSPS) is 17.2. The molecule has 0 aromatic heterocycles. The van der Waals surface area contributed by atoms with E-state index in [0.717, 1.165) is 18.8 Å². The minimum absolute atomic E-state index is 0.0380. The van der Waals surface area contributed by atoms with Crippen molar-refractivity contribution in [2.75, 3.05) is 5.32 Å². The van der Waals surface area contributed by atoms with Gasteiger partial charge in [-0.1, -0.05) is 46.1 Å². The Morgan fingerprint density at radius 1 is 1.17 bits per heavy atom. The number of anilines is 1. The van der Waals surface area contributed by atoms with Crippen molar-refractivity contribution >= 4 is 11.6 Å². The number of benzene rings is 1. The van der Waals surface area contributed by atoms with Crippen LogP contribution in [0.2, 0.25) is 0 Å². The van der Waals surface area contributed by atoms with E-state index >= 15 is 0 Å². The van der Waals surface area contributed by atoms with Crippen LogP contribution in [0.25, 0.3) is 0 Å². The van der Waals surface area contributed by atoms with Gasteiger partial charge in [0.05, 0.1) is 11.7 Å². The molecule has 1 aliphatic carbocycles. The average molecular weight is 332 g/mol. The van der Waals surface area contributed by atoms with Crippen molar-refractivity contribution in [3.63, 3.8) is 0 Å². The molecule has 3 N–H and O–H groups in total. The molecule has 0 radical (unpaired) electrons. The van der Waals surface area contributed by atoms with Crippen LogP contribution in [0.4, 0.5) is 5.69 Å². The Hall–Kier alpha value is -1.71. The fraction of sp³-hybridized carbons (Fsp3) is 0.650. The zero-order chi connectivity index (χ0) is 17.7. The van der Waals surface area contributed by atoms with Gasteiger partial charge in [0.15, 0.2) is 5.96 Å². The van der Waals surface area contributed by atoms with Crippen LogP contribution in [0.5, 0.6) is 5.75 Å². The molecule has 1 aromatic rings. The van der Waals surface area contributed by atoms with Crippen LogP contribution in [0, 0.1) is 0 Å². The van der Waals surface area contributed by atoms with Crippen molar-refractivity contribution in [1.29, 1.82) is 0 Å². The molecule has 1 aliphatic rings. The van der Waals surface area contributed by atoms with Gasteiger partial charge in [-0.25, -0.2) is 4.99 Å². The van der Waals surface area contributed by atoms with Crippen LogP contribution < -0.4 is 10.6 Å². The van der Waals surface area contributed by atoms with Crippen LogP contribution in [0.3, 0.4) is 0 Å². The molecule has 1 saturated carbocycles. The zero-order valence-electron chi connectivity index (χ0n) is 15.8. The Labute approximate surface area is 146 Å². The summed E-state index contributed by atoms with van der Waals surface area (Å²) >= 11 is 0. The first-order chi connectivity index (χ1) is 11.3. The van der Waals surface area contributed by atoms with Gasteiger partial charge in [-0.2, -0.15) is 0 Å². The highest BCUT2D eigenvalue weighted by atomic mass is 16.3. The van der Waals surface area contributed by atoms with Gasteiger partial charge in [0.1, 0.15) is 5.75 Å². The number of nitrogens with zero attached hydrogens (tertiary/aromatic N) is 1. The Bertz CT molecular complexity index is 567. The SMILES string of the molecule is CC(C)NC(=NC1CCCCC1)Nc1cc(C(C)(C)C)ccc1O. The molecule has 24 heavy (non-hydrogen) atoms. The first kappa shape index (κ1) is 18.6. The minimum atomic E-state index is 0.0380. The van der Waals surface area contributed by atoms with Crippen LogP contribution in [-0.2, 0) is 5.41 Å². The Balaban J connectivity index is 2.23. The lowest BCUT2D eigenvalue weighted by atomic mass is 9.87. The molecule has 4 nitrogen and oxygen atoms in total. The van der Waals surface area contributed by atoms with E-state index < -0.39 is 0 Å². The lowest BCUT2D eigenvalue weighted by Gasteiger charge is -2.23. The van der Waals surface area contributed by atoms with Crippen molar-refractivity contribution < 1.29 is 5.11 Å². The van der Waals surface area contributed by atoms with Crippen molar-refractivity contribution in [2.24, 2.45) is 4.99 Å². The highest BCUT2D eigenvalue weighted by Crippen LogP contribution is 2.31. The topological polar surface area (TPSA) is 56.7 Å². The third-order valence-corrected chi connectivity index (χ3v) is 4.43. The van der Waals surface area contributed by atoms with E-state index in [9.17, 15) is 5.11 Å². The van der Waals surface area contributed by atoms with E-state index in [1.807, 2.05) is 12.1 Å². The predicted octanol–water partition coefficient (Wildman–Crippen LogP) is 4.79. The summed E-state index contributed by atoms with van der Waals surface area (Å²) in [6.45, 7) is 10.7. The number of hydrogen-bond acceptors (Lipinski definition) is 2. The quantitative estimate of drug-likeness (QED) is 0.424. The third-order valence-electron chi connectivity index (χ3n) is 4.43. The molecule has 0 unspecified atom stereocenters. The molecule has 0 spiro atoms. The number of hydrogen-bond donors (Lipinski definition) is 3. The molecule has 0 aliphatic heterocycles. The maximum absolute atomic E-state index is 10.2. The molecule has 0 atom stereocenters. The van der Waals surface area contributed by atoms with E-state index in [1.165, 1.54) is 24.8 Å². The summed E-state index contributed by atoms with van der Waals surface area (Å²) in [6.07, 6.45) is 6.14. The van der Waals surface area contributed by atoms with E-state index in [2.05, 4.69) is 45.3 Å². The van der Waals surface area contributed by atoms with Crippen LogP contribution >= 0.6 is 0 Å². The highest BCUT2D eigenvalue weighted by molar-refractivity contribution is 5.95. The maximum atomic E-state index is 10.2. The smallest absolute Gasteiger partial charge is 0.196 e. The average Bonchev–Trinajstić information content (AvgIpc) is 2.48. The lowest BCUT2D eigenvalue weighted by molar-refractivity contribution is 0.441. The largest absolute Gasteiger partial charge is 0.506 e. The summed E-state index contributed by atoms with van der Waals surface area (Å²) in [6, 6.07) is 6.42. The molecule has 0 amide bonds. The molecule has 2 rings (SSSR count). The number of aliphatic imine (C=N–C) groups is 1. The summed E-state index contributed by atoms with van der Waals surface area (Å²) in [5.41, 5.74) is 1.94. The fourth-order valence-electron chi connectivity index (χ4n) is 3.00. The molecule has 0 bridgehead atoms. The molecular weight excluding hydrogens is 298 g/mol. The lowest BCUT2D eigenvalue weighted by Crippen LogP contribution is -2.37. The maximum Gasteiger partial charge on any atom is 0.196 e. The van der Waals surface area contributed by atoms with E-state index in [4.69, 9.17) is 4.99 Å². The van der Waals surface area contributed by atoms with E-state index in [-0.39, 0.29) is 17.2 Å². The Morgan fingerprint density at radius 2 is 1.83 bits per heavy atom. The minimum Gasteiger partial charge on any atom is -0.506 e. The molecule has 1 fully saturated rings. The van der Waals surface area contributed by atoms with Crippen molar-refractivity contribution in [2.45, 2.75) is 84.2 Å². The first-order valence-electron chi connectivity index (χ1n) is 9.20. The van der Waals surface area contributed by atoms with Gasteiger partial charge in [0, 0.05) is 6.04 Å². The molecular formula is C20H33N3O. The number of phenolic OH excluding ortho intramolecular Hbond substituents is 1. The summed E-state index contributed by atoms with van der Waals surface area (Å²) in [4.78, 5) is 4.89. The monoisotopic (exact) mass is 331 g/mol. The fourth-order valence-corrected chi connectivity index (χ4v) is 3.00. The second kappa shape index (κ2) is 7.91. The number of guanidine groups is 1. The molecule has 4 heteroatoms. The second-order valence-electron chi connectivity index (χ2n) is 8.18. The number of phenols is 1. The highest BCUT2D eigenvalue weighted by Gasteiger charge is 2.17. The van der Waals surface area contributed by atoms with Gasteiger partial charge in [-0.05, 0) is 49.8 Å². The van der Waals surface area contributed by atoms with Crippen LogP contribution in [0.1, 0.15) is 72.3 Å². The summed E-state index contributed by atoms with van der Waals surface area (Å²) in [5, 5.41) is 17.0. The van der Waals surface area contributed by atoms with Gasteiger partial charge in [0.25, 0.3) is 0 Å². The van der Waals surface area contributed by atoms with Gasteiger partial charge < -0.3 is 15.7 Å². The second-order valence-corrected chi connectivity index (χ2v) is 8.18. The summed E-state index contributed by atoms with van der Waals surface area (Å²) in [7, 11) is 0. The molecule has 1 aromatic carbocycles. The van der Waals surface area contributed by atoms with Crippen LogP contribution in [0.15, 0.2) is 23.2 Å². The van der Waals surface area contributed by atoms with Gasteiger partial charge in [-0.15, -0.1) is 0 Å². The molecule has 0 heterocycles. The summed E-state index contributed by atoms with van der Waals surface area (Å²) in [5.74, 6) is 1.02. The number of aromatic hydroxyl groups is 1. The third kappa shape index (κ3) is 5.43. The van der Waals surface area contributed by atoms with E-state index in [1.54, 1.807) is 6.07 Å². The van der Waals surface area contributed by atoms with Crippen molar-refractivity contribution in [3.05, 3.63) is 23.8 Å². The zero-order valence-corrected chi connectivity index (χ0v) is 15.8. The Morgan fingerprint density at radius 3 is 2.42 bits per heavy atom. The summed E-state index contributed by atoms with van der Waals surface area (Å²) < 4.78 is 0. The van der Waals surface area contributed by atoms with E-state index in [0.29, 0.717) is 11.7 Å². The number of rotatable bonds is 3. The van der Waals surface area contributed by atoms with Crippen LogP contribution in [-0.4, -0.2) is 23.1 Å². The van der Waals surface area contributed by atoms with Crippen molar-refractivity contribution in [1.82, 2.24) is 5.32 Å². The van der Waals surface area contributed by atoms with Crippen molar-refractivity contribution in [3.8, 4) is 5.75 Å². The number of nitrogens with one attached hydrogen (secondary N) is 2. The molecule has 0 saturated heterocycles. The Kier molecular flexibility index (Phi) is 6.14. The van der Waals surface area contributed by atoms with Gasteiger partial charge in [-0.3, -0.25) is 0 Å². The van der Waals surface area contributed by atoms with Gasteiger partial charge >= 0.3 is 0 Å². The predicted molar refractivity (Wildman–Crippen MR) is 103 cm³/mol. The standard InChI is InChI=1S/C20H33N3O/c1-14(2)21-19(22-16-9-7-6-8-10-16)23-17-13-15(20(3,4)5)11-12-18(17)24/h11-14,16,24H,6-10H2,1-5H3,(H2,21,22,23).